The Bertz CT molecular complexity index is 525. The lowest BCUT2D eigenvalue weighted by Crippen LogP contribution is -2.32. The minimum absolute atomic E-state index is 0.134. The van der Waals surface area contributed by atoms with Gasteiger partial charge in [-0.15, -0.1) is 0 Å². The van der Waals surface area contributed by atoms with Crippen molar-refractivity contribution < 1.29 is 0 Å². The molecule has 0 saturated carbocycles. The molecule has 0 saturated heterocycles. The van der Waals surface area contributed by atoms with Gasteiger partial charge >= 0.3 is 0 Å². The highest BCUT2D eigenvalue weighted by Gasteiger charge is 2.27. The van der Waals surface area contributed by atoms with Crippen molar-refractivity contribution in [1.82, 2.24) is 14.5 Å². The van der Waals surface area contributed by atoms with Gasteiger partial charge in [0.2, 0.25) is 0 Å². The zero-order valence-electron chi connectivity index (χ0n) is 10.9. The summed E-state index contributed by atoms with van der Waals surface area (Å²) in [5.74, 6) is 1.02. The molecule has 0 amide bonds. The molecule has 2 heterocycles. The molecule has 4 nitrogen and oxygen atoms in total. The van der Waals surface area contributed by atoms with E-state index in [0.717, 1.165) is 17.0 Å². The minimum Gasteiger partial charge on any atom is -0.329 e. The van der Waals surface area contributed by atoms with Gasteiger partial charge in [0.1, 0.15) is 11.3 Å². The zero-order chi connectivity index (χ0) is 12.6. The molecule has 0 radical (unpaired) electrons. The summed E-state index contributed by atoms with van der Waals surface area (Å²) in [6.45, 7) is 9.10. The van der Waals surface area contributed by atoms with Crippen LogP contribution in [0, 0.1) is 0 Å². The average molecular weight is 232 g/mol. The van der Waals surface area contributed by atoms with E-state index >= 15 is 0 Å². The Morgan fingerprint density at radius 2 is 2.12 bits per heavy atom. The molecule has 0 unspecified atom stereocenters. The molecule has 0 aromatic carbocycles. The second-order valence-electron chi connectivity index (χ2n) is 5.33. The van der Waals surface area contributed by atoms with Crippen molar-refractivity contribution in [1.29, 1.82) is 0 Å². The van der Waals surface area contributed by atoms with Gasteiger partial charge in [0.15, 0.2) is 5.65 Å². The van der Waals surface area contributed by atoms with Gasteiger partial charge in [-0.05, 0) is 26.0 Å². The highest BCUT2D eigenvalue weighted by Crippen LogP contribution is 2.27. The third kappa shape index (κ3) is 1.93. The van der Waals surface area contributed by atoms with Crippen LogP contribution in [0.15, 0.2) is 18.3 Å². The van der Waals surface area contributed by atoms with Crippen molar-refractivity contribution in [2.45, 2.75) is 39.2 Å². The van der Waals surface area contributed by atoms with E-state index in [1.807, 2.05) is 18.3 Å². The lowest BCUT2D eigenvalue weighted by atomic mass is 9.92. The van der Waals surface area contributed by atoms with Crippen LogP contribution in [-0.4, -0.2) is 21.1 Å². The summed E-state index contributed by atoms with van der Waals surface area (Å²) in [6, 6.07) is 4.24. The van der Waals surface area contributed by atoms with Gasteiger partial charge in [-0.2, -0.15) is 0 Å². The topological polar surface area (TPSA) is 56.7 Å². The number of hydrogen-bond donors (Lipinski definition) is 1. The predicted octanol–water partition coefficient (Wildman–Crippen LogP) is 2.25. The van der Waals surface area contributed by atoms with E-state index in [9.17, 15) is 0 Å². The van der Waals surface area contributed by atoms with Gasteiger partial charge in [0.05, 0.1) is 0 Å². The zero-order valence-corrected chi connectivity index (χ0v) is 10.9. The van der Waals surface area contributed by atoms with E-state index in [1.165, 1.54) is 0 Å². The van der Waals surface area contributed by atoms with Crippen LogP contribution >= 0.6 is 0 Å². The molecule has 0 bridgehead atoms. The second kappa shape index (κ2) is 4.11. The molecule has 0 atom stereocenters. The van der Waals surface area contributed by atoms with Crippen molar-refractivity contribution in [3.63, 3.8) is 0 Å². The van der Waals surface area contributed by atoms with Crippen LogP contribution in [0.25, 0.3) is 11.2 Å². The van der Waals surface area contributed by atoms with Gasteiger partial charge in [-0.3, -0.25) is 0 Å². The Morgan fingerprint density at radius 1 is 1.41 bits per heavy atom. The number of aromatic nitrogens is 3. The maximum Gasteiger partial charge on any atom is 0.160 e. The molecule has 2 N–H and O–H groups in total. The van der Waals surface area contributed by atoms with Gasteiger partial charge in [0, 0.05) is 24.2 Å². The van der Waals surface area contributed by atoms with Gasteiger partial charge < -0.3 is 10.3 Å². The fourth-order valence-corrected chi connectivity index (χ4v) is 1.99. The highest BCUT2D eigenvalue weighted by atomic mass is 15.2. The Kier molecular flexibility index (Phi) is 2.91. The van der Waals surface area contributed by atoms with Crippen LogP contribution in [0.5, 0.6) is 0 Å². The summed E-state index contributed by atoms with van der Waals surface area (Å²) < 4.78 is 2.18. The lowest BCUT2D eigenvalue weighted by molar-refractivity contribution is 0.450. The predicted molar refractivity (Wildman–Crippen MR) is 70.0 cm³/mol. The van der Waals surface area contributed by atoms with Crippen molar-refractivity contribution in [3.05, 3.63) is 24.2 Å². The molecule has 0 aliphatic carbocycles. The van der Waals surface area contributed by atoms with E-state index < -0.39 is 0 Å². The first kappa shape index (κ1) is 12.0. The summed E-state index contributed by atoms with van der Waals surface area (Å²) in [7, 11) is 0. The summed E-state index contributed by atoms with van der Waals surface area (Å²) >= 11 is 0. The molecule has 2 aromatic heterocycles. The molecule has 2 rings (SSSR count). The maximum atomic E-state index is 5.86. The average Bonchev–Trinajstić information content (AvgIpc) is 2.68. The summed E-state index contributed by atoms with van der Waals surface area (Å²) in [4.78, 5) is 9.13. The summed E-state index contributed by atoms with van der Waals surface area (Å²) in [6.07, 6.45) is 1.81. The first-order valence-electron chi connectivity index (χ1n) is 6.01. The molecule has 0 spiro atoms. The van der Waals surface area contributed by atoms with Crippen LogP contribution < -0.4 is 5.73 Å². The number of fused-ring (bicyclic) bond motifs is 1. The van der Waals surface area contributed by atoms with E-state index in [-0.39, 0.29) is 5.41 Å². The smallest absolute Gasteiger partial charge is 0.160 e. The Hall–Kier alpha value is -1.42. The van der Waals surface area contributed by atoms with Crippen molar-refractivity contribution in [2.75, 3.05) is 6.54 Å². The van der Waals surface area contributed by atoms with Crippen LogP contribution in [-0.2, 0) is 5.41 Å². The Labute approximate surface area is 102 Å². The highest BCUT2D eigenvalue weighted by molar-refractivity contribution is 5.71. The molecular formula is C13H20N4. The molecule has 2 aromatic rings. The van der Waals surface area contributed by atoms with E-state index in [0.29, 0.717) is 12.6 Å². The fraction of sp³-hybridized carbons (Fsp3) is 0.538. The van der Waals surface area contributed by atoms with Crippen LogP contribution in [0.2, 0.25) is 0 Å². The summed E-state index contributed by atoms with van der Waals surface area (Å²) in [5, 5.41) is 0. The number of pyridine rings is 1. The van der Waals surface area contributed by atoms with Crippen LogP contribution in [0.4, 0.5) is 0 Å². The SMILES string of the molecule is CC(C)n1c(C(C)(C)CN)nc2cccnc21. The van der Waals surface area contributed by atoms with Crippen molar-refractivity contribution in [2.24, 2.45) is 5.73 Å². The standard InChI is InChI=1S/C13H20N4/c1-9(2)17-11-10(6-5-7-15-11)16-12(17)13(3,4)8-14/h5-7,9H,8,14H2,1-4H3. The fourth-order valence-electron chi connectivity index (χ4n) is 1.99. The number of rotatable bonds is 3. The van der Waals surface area contributed by atoms with Gasteiger partial charge in [-0.1, -0.05) is 13.8 Å². The monoisotopic (exact) mass is 232 g/mol. The molecule has 0 aliphatic rings. The normalized spacial score (nSPS) is 12.6. The molecule has 92 valence electrons. The second-order valence-corrected chi connectivity index (χ2v) is 5.33. The lowest BCUT2D eigenvalue weighted by Gasteiger charge is -2.24. The van der Waals surface area contributed by atoms with Crippen molar-refractivity contribution >= 4 is 11.2 Å². The Balaban J connectivity index is 2.75. The minimum atomic E-state index is -0.134. The first-order chi connectivity index (χ1) is 7.97. The number of hydrogen-bond acceptors (Lipinski definition) is 3. The molecule has 0 aliphatic heterocycles. The van der Waals surface area contributed by atoms with Gasteiger partial charge in [0.25, 0.3) is 0 Å². The van der Waals surface area contributed by atoms with Crippen molar-refractivity contribution in [3.8, 4) is 0 Å². The number of nitrogens with zero attached hydrogens (tertiary/aromatic N) is 3. The molecule has 4 heteroatoms. The number of nitrogens with two attached hydrogens (primary N) is 1. The third-order valence-electron chi connectivity index (χ3n) is 3.08. The van der Waals surface area contributed by atoms with E-state index in [1.54, 1.807) is 0 Å². The largest absolute Gasteiger partial charge is 0.329 e. The molecule has 0 fully saturated rings. The maximum absolute atomic E-state index is 5.86. The van der Waals surface area contributed by atoms with Crippen LogP contribution in [0.3, 0.4) is 0 Å². The Morgan fingerprint density at radius 3 is 2.71 bits per heavy atom. The van der Waals surface area contributed by atoms with Gasteiger partial charge in [-0.25, -0.2) is 9.97 Å². The molecular weight excluding hydrogens is 212 g/mol. The van der Waals surface area contributed by atoms with Crippen LogP contribution in [0.1, 0.15) is 39.6 Å². The first-order valence-corrected chi connectivity index (χ1v) is 6.01. The summed E-state index contributed by atoms with van der Waals surface area (Å²) in [5.41, 5.74) is 7.61. The van der Waals surface area contributed by atoms with E-state index in [2.05, 4.69) is 37.2 Å². The third-order valence-corrected chi connectivity index (χ3v) is 3.08. The molecule has 17 heavy (non-hydrogen) atoms. The van der Waals surface area contributed by atoms with E-state index in [4.69, 9.17) is 10.7 Å². The quantitative estimate of drug-likeness (QED) is 0.883. The number of imidazole rings is 1.